The summed E-state index contributed by atoms with van der Waals surface area (Å²) in [6.07, 6.45) is 8.84. The molecule has 128 valence electrons. The Kier molecular flexibility index (Phi) is 4.93. The average molecular weight is 340 g/mol. The zero-order chi connectivity index (χ0) is 17.9. The molecule has 1 aliphatic rings. The van der Waals surface area contributed by atoms with Gasteiger partial charge in [-0.2, -0.15) is 0 Å². The van der Waals surface area contributed by atoms with E-state index < -0.39 is 17.3 Å². The molecule has 0 heterocycles. The lowest BCUT2D eigenvalue weighted by atomic mass is 9.79. The van der Waals surface area contributed by atoms with Crippen LogP contribution in [0.1, 0.15) is 29.5 Å². The van der Waals surface area contributed by atoms with Crippen LogP contribution in [0.5, 0.6) is 0 Å². The van der Waals surface area contributed by atoms with Crippen molar-refractivity contribution < 1.29 is 13.2 Å². The van der Waals surface area contributed by atoms with E-state index in [0.29, 0.717) is 16.7 Å². The van der Waals surface area contributed by atoms with Crippen LogP contribution in [0.2, 0.25) is 0 Å². The summed E-state index contributed by atoms with van der Waals surface area (Å²) < 4.78 is 42.7. The molecule has 0 N–H and O–H groups in total. The Morgan fingerprint density at radius 2 is 1.80 bits per heavy atom. The van der Waals surface area contributed by atoms with E-state index in [-0.39, 0.29) is 6.42 Å². The Hall–Kier alpha value is -2.55. The summed E-state index contributed by atoms with van der Waals surface area (Å²) in [6.45, 7) is 3.70. The summed E-state index contributed by atoms with van der Waals surface area (Å²) in [4.78, 5) is 0. The van der Waals surface area contributed by atoms with Crippen molar-refractivity contribution in [3.63, 3.8) is 0 Å². The predicted octanol–water partition coefficient (Wildman–Crippen LogP) is 6.29. The molecule has 2 aromatic carbocycles. The molecule has 3 heteroatoms. The second-order valence-electron chi connectivity index (χ2n) is 6.17. The molecule has 0 bridgehead atoms. The third kappa shape index (κ3) is 3.46. The highest BCUT2D eigenvalue weighted by atomic mass is 19.2. The highest BCUT2D eigenvalue weighted by molar-refractivity contribution is 5.76. The Balaban J connectivity index is 1.97. The smallest absolute Gasteiger partial charge is 0.165 e. The molecule has 1 aliphatic carbocycles. The van der Waals surface area contributed by atoms with Crippen molar-refractivity contribution in [2.75, 3.05) is 0 Å². The maximum absolute atomic E-state index is 15.9. The van der Waals surface area contributed by atoms with Gasteiger partial charge in [-0.3, -0.25) is 0 Å². The van der Waals surface area contributed by atoms with Crippen LogP contribution in [-0.4, -0.2) is 0 Å². The van der Waals surface area contributed by atoms with Crippen molar-refractivity contribution in [1.29, 1.82) is 0 Å². The molecule has 0 amide bonds. The van der Waals surface area contributed by atoms with E-state index in [4.69, 9.17) is 0 Å². The molecule has 0 saturated carbocycles. The van der Waals surface area contributed by atoms with Gasteiger partial charge in [0.15, 0.2) is 17.3 Å². The fourth-order valence-corrected chi connectivity index (χ4v) is 3.10. The summed E-state index contributed by atoms with van der Waals surface area (Å²) in [5.74, 6) is -1.91. The van der Waals surface area contributed by atoms with Crippen molar-refractivity contribution >= 4 is 5.57 Å². The van der Waals surface area contributed by atoms with E-state index in [2.05, 4.69) is 6.58 Å². The van der Waals surface area contributed by atoms with Crippen LogP contribution in [0, 0.1) is 11.6 Å². The van der Waals surface area contributed by atoms with Crippen LogP contribution in [0.4, 0.5) is 13.2 Å². The van der Waals surface area contributed by atoms with Crippen molar-refractivity contribution in [3.05, 3.63) is 102 Å². The van der Waals surface area contributed by atoms with Crippen LogP contribution >= 0.6 is 0 Å². The van der Waals surface area contributed by atoms with Gasteiger partial charge in [0.25, 0.3) is 0 Å². The third-order valence-electron chi connectivity index (χ3n) is 4.50. The molecule has 3 rings (SSSR count). The monoisotopic (exact) mass is 340 g/mol. The SMILES string of the molecule is C=CCCc1ccc(C2(F)CC=CC=C2c2ccc(F)c(F)c2)cc1. The molecule has 0 aliphatic heterocycles. The zero-order valence-corrected chi connectivity index (χ0v) is 13.8. The molecule has 0 radical (unpaired) electrons. The maximum atomic E-state index is 15.9. The van der Waals surface area contributed by atoms with E-state index in [1.807, 2.05) is 18.2 Å². The molecule has 1 atom stereocenters. The van der Waals surface area contributed by atoms with Gasteiger partial charge in [-0.05, 0) is 41.7 Å². The van der Waals surface area contributed by atoms with Crippen molar-refractivity contribution in [2.45, 2.75) is 24.9 Å². The molecule has 25 heavy (non-hydrogen) atoms. The Labute approximate surface area is 146 Å². The van der Waals surface area contributed by atoms with E-state index >= 15 is 4.39 Å². The first kappa shape index (κ1) is 17.3. The minimum Gasteiger partial charge on any atom is -0.233 e. The molecule has 0 aromatic heterocycles. The Morgan fingerprint density at radius 3 is 2.48 bits per heavy atom. The number of benzene rings is 2. The summed E-state index contributed by atoms with van der Waals surface area (Å²) in [5, 5.41) is 0. The lowest BCUT2D eigenvalue weighted by Gasteiger charge is -2.30. The molecule has 0 saturated heterocycles. The van der Waals surface area contributed by atoms with E-state index in [1.165, 1.54) is 6.07 Å². The van der Waals surface area contributed by atoms with Crippen molar-refractivity contribution in [3.8, 4) is 0 Å². The lowest BCUT2D eigenvalue weighted by molar-refractivity contribution is 0.249. The minimum absolute atomic E-state index is 0.157. The number of aryl methyl sites for hydroxylation is 1. The summed E-state index contributed by atoms with van der Waals surface area (Å²) in [6, 6.07) is 10.8. The summed E-state index contributed by atoms with van der Waals surface area (Å²) in [7, 11) is 0. The molecule has 0 fully saturated rings. The highest BCUT2D eigenvalue weighted by Gasteiger charge is 2.37. The van der Waals surface area contributed by atoms with Crippen LogP contribution in [0.15, 0.2) is 73.3 Å². The van der Waals surface area contributed by atoms with Gasteiger partial charge < -0.3 is 0 Å². The fraction of sp³-hybridized carbons (Fsp3) is 0.182. The average Bonchev–Trinajstić information content (AvgIpc) is 2.63. The van der Waals surface area contributed by atoms with E-state index in [0.717, 1.165) is 30.5 Å². The van der Waals surface area contributed by atoms with Crippen LogP contribution in [0.25, 0.3) is 5.57 Å². The first-order valence-electron chi connectivity index (χ1n) is 8.26. The van der Waals surface area contributed by atoms with Gasteiger partial charge in [0.05, 0.1) is 0 Å². The van der Waals surface area contributed by atoms with Gasteiger partial charge in [-0.25, -0.2) is 13.2 Å². The van der Waals surface area contributed by atoms with Gasteiger partial charge in [-0.1, -0.05) is 54.6 Å². The molecular weight excluding hydrogens is 321 g/mol. The standard InChI is InChI=1S/C22H19F3/c1-2-3-6-16-8-11-18(12-9-16)22(25)14-5-4-7-19(22)17-10-13-20(23)21(24)15-17/h2,4-5,7-13,15H,1,3,6,14H2. The molecule has 1 unspecified atom stereocenters. The first-order chi connectivity index (χ1) is 12.0. The molecule has 0 spiro atoms. The number of halogens is 3. The second-order valence-corrected chi connectivity index (χ2v) is 6.17. The van der Waals surface area contributed by atoms with Gasteiger partial charge in [0.1, 0.15) is 0 Å². The normalized spacial score (nSPS) is 19.6. The largest absolute Gasteiger partial charge is 0.233 e. The number of allylic oxidation sites excluding steroid dienone is 5. The Morgan fingerprint density at radius 1 is 1.04 bits per heavy atom. The highest BCUT2D eigenvalue weighted by Crippen LogP contribution is 2.45. The summed E-state index contributed by atoms with van der Waals surface area (Å²) >= 11 is 0. The first-order valence-corrected chi connectivity index (χ1v) is 8.26. The number of alkyl halides is 1. The zero-order valence-electron chi connectivity index (χ0n) is 13.8. The molecule has 0 nitrogen and oxygen atoms in total. The number of hydrogen-bond donors (Lipinski definition) is 0. The topological polar surface area (TPSA) is 0 Å². The minimum atomic E-state index is -1.77. The van der Waals surface area contributed by atoms with Crippen molar-refractivity contribution in [2.24, 2.45) is 0 Å². The van der Waals surface area contributed by atoms with Gasteiger partial charge in [-0.15, -0.1) is 6.58 Å². The quantitative estimate of drug-likeness (QED) is 0.561. The van der Waals surface area contributed by atoms with Gasteiger partial charge in [0.2, 0.25) is 0 Å². The van der Waals surface area contributed by atoms with E-state index in [9.17, 15) is 8.78 Å². The van der Waals surface area contributed by atoms with Gasteiger partial charge in [0, 0.05) is 12.0 Å². The predicted molar refractivity (Wildman–Crippen MR) is 95.8 cm³/mol. The van der Waals surface area contributed by atoms with Crippen LogP contribution in [0.3, 0.4) is 0 Å². The van der Waals surface area contributed by atoms with Crippen LogP contribution in [-0.2, 0) is 12.1 Å². The Bertz CT molecular complexity index is 831. The molecular formula is C22H19F3. The lowest BCUT2D eigenvalue weighted by Crippen LogP contribution is -2.23. The van der Waals surface area contributed by atoms with Gasteiger partial charge >= 0.3 is 0 Å². The maximum Gasteiger partial charge on any atom is 0.165 e. The van der Waals surface area contributed by atoms with E-state index in [1.54, 1.807) is 30.4 Å². The second kappa shape index (κ2) is 7.14. The third-order valence-corrected chi connectivity index (χ3v) is 4.50. The summed E-state index contributed by atoms with van der Waals surface area (Å²) in [5.41, 5.74) is 0.539. The van der Waals surface area contributed by atoms with Crippen LogP contribution < -0.4 is 0 Å². The molecule has 2 aromatic rings. The fourth-order valence-electron chi connectivity index (χ4n) is 3.10. The van der Waals surface area contributed by atoms with Crippen molar-refractivity contribution in [1.82, 2.24) is 0 Å². The number of hydrogen-bond acceptors (Lipinski definition) is 0. The number of rotatable bonds is 5.